The zero-order chi connectivity index (χ0) is 18.8. The van der Waals surface area contributed by atoms with Crippen LogP contribution < -0.4 is 4.74 Å². The monoisotopic (exact) mass is 380 g/mol. The average Bonchev–Trinajstić information content (AvgIpc) is 3.11. The van der Waals surface area contributed by atoms with Gasteiger partial charge in [0.15, 0.2) is 0 Å². The molecule has 27 heavy (non-hydrogen) atoms. The molecule has 9 heteroatoms. The number of fused-ring (bicyclic) bond motifs is 1. The molecule has 3 aromatic rings. The fourth-order valence-electron chi connectivity index (χ4n) is 3.06. The number of nitrogens with zero attached hydrogens (tertiary/aromatic N) is 6. The van der Waals surface area contributed by atoms with Crippen LogP contribution in [0.25, 0.3) is 21.6 Å². The minimum Gasteiger partial charge on any atom is -0.467 e. The molecule has 0 bridgehead atoms. The van der Waals surface area contributed by atoms with Crippen LogP contribution in [-0.2, 0) is 0 Å². The number of aromatic nitrogens is 4. The van der Waals surface area contributed by atoms with E-state index in [0.717, 1.165) is 32.4 Å². The van der Waals surface area contributed by atoms with Crippen LogP contribution in [0.4, 0.5) is 0 Å². The SMILES string of the molecule is COc1ncc(-c2cnc3c(C#N)c(C(=O)N4CCCCC4)sc3n2)cn1. The van der Waals surface area contributed by atoms with E-state index in [1.807, 2.05) is 4.90 Å². The lowest BCUT2D eigenvalue weighted by Crippen LogP contribution is -2.35. The van der Waals surface area contributed by atoms with Gasteiger partial charge >= 0.3 is 6.01 Å². The number of amides is 1. The Hall–Kier alpha value is -3.12. The van der Waals surface area contributed by atoms with E-state index in [9.17, 15) is 10.1 Å². The van der Waals surface area contributed by atoms with E-state index in [2.05, 4.69) is 26.0 Å². The molecule has 0 atom stereocenters. The van der Waals surface area contributed by atoms with E-state index in [1.165, 1.54) is 18.4 Å². The van der Waals surface area contributed by atoms with Crippen LogP contribution in [0, 0.1) is 11.3 Å². The Morgan fingerprint density at radius 1 is 1.19 bits per heavy atom. The Morgan fingerprint density at radius 2 is 1.93 bits per heavy atom. The van der Waals surface area contributed by atoms with Gasteiger partial charge in [-0.05, 0) is 19.3 Å². The van der Waals surface area contributed by atoms with Crippen molar-refractivity contribution in [2.45, 2.75) is 19.3 Å². The summed E-state index contributed by atoms with van der Waals surface area (Å²) < 4.78 is 4.96. The first-order valence-electron chi connectivity index (χ1n) is 8.56. The van der Waals surface area contributed by atoms with Crippen molar-refractivity contribution in [2.24, 2.45) is 0 Å². The Labute approximate surface area is 159 Å². The summed E-state index contributed by atoms with van der Waals surface area (Å²) >= 11 is 1.21. The minimum atomic E-state index is -0.106. The van der Waals surface area contributed by atoms with Crippen LogP contribution in [0.2, 0.25) is 0 Å². The van der Waals surface area contributed by atoms with Crippen LogP contribution in [0.15, 0.2) is 18.6 Å². The smallest absolute Gasteiger partial charge is 0.316 e. The number of nitriles is 1. The van der Waals surface area contributed by atoms with E-state index in [1.54, 1.807) is 18.6 Å². The van der Waals surface area contributed by atoms with Gasteiger partial charge in [0.05, 0.1) is 19.0 Å². The van der Waals surface area contributed by atoms with Crippen LogP contribution >= 0.6 is 11.3 Å². The zero-order valence-electron chi connectivity index (χ0n) is 14.7. The summed E-state index contributed by atoms with van der Waals surface area (Å²) in [5, 5.41) is 9.58. The lowest BCUT2D eigenvalue weighted by molar-refractivity contribution is 0.0729. The van der Waals surface area contributed by atoms with Crippen molar-refractivity contribution in [1.29, 1.82) is 5.26 Å². The number of methoxy groups -OCH3 is 1. The number of likely N-dealkylation sites (tertiary alicyclic amines) is 1. The average molecular weight is 380 g/mol. The Kier molecular flexibility index (Phi) is 4.64. The normalized spacial score (nSPS) is 14.1. The van der Waals surface area contributed by atoms with Crippen molar-refractivity contribution in [2.75, 3.05) is 20.2 Å². The molecule has 0 aliphatic carbocycles. The molecule has 1 amide bonds. The summed E-state index contributed by atoms with van der Waals surface area (Å²) in [4.78, 5) is 32.8. The molecule has 136 valence electrons. The van der Waals surface area contributed by atoms with Gasteiger partial charge in [-0.15, -0.1) is 11.3 Å². The summed E-state index contributed by atoms with van der Waals surface area (Å²) in [6.07, 6.45) is 7.89. The molecule has 1 aliphatic rings. The number of ether oxygens (including phenoxy) is 1. The zero-order valence-corrected chi connectivity index (χ0v) is 15.5. The molecule has 1 aliphatic heterocycles. The Balaban J connectivity index is 1.73. The van der Waals surface area contributed by atoms with E-state index >= 15 is 0 Å². The molecule has 4 rings (SSSR count). The number of rotatable bonds is 3. The lowest BCUT2D eigenvalue weighted by atomic mass is 10.1. The molecule has 3 aromatic heterocycles. The summed E-state index contributed by atoms with van der Waals surface area (Å²) in [5.41, 5.74) is 2.02. The van der Waals surface area contributed by atoms with Crippen molar-refractivity contribution in [3.8, 4) is 23.3 Å². The van der Waals surface area contributed by atoms with Gasteiger partial charge in [0.2, 0.25) is 0 Å². The molecule has 0 radical (unpaired) electrons. The van der Waals surface area contributed by atoms with Gasteiger partial charge in [0, 0.05) is 31.0 Å². The number of hydrogen-bond acceptors (Lipinski definition) is 8. The Morgan fingerprint density at radius 3 is 2.59 bits per heavy atom. The van der Waals surface area contributed by atoms with Crippen molar-refractivity contribution in [1.82, 2.24) is 24.8 Å². The minimum absolute atomic E-state index is 0.106. The van der Waals surface area contributed by atoms with Gasteiger partial charge in [-0.25, -0.2) is 19.9 Å². The van der Waals surface area contributed by atoms with Crippen LogP contribution in [0.1, 0.15) is 34.5 Å². The molecule has 0 spiro atoms. The molecule has 4 heterocycles. The number of carbonyl (C=O) groups excluding carboxylic acids is 1. The topological polar surface area (TPSA) is 105 Å². The number of carbonyl (C=O) groups is 1. The molecule has 1 saturated heterocycles. The first-order chi connectivity index (χ1) is 13.2. The first kappa shape index (κ1) is 17.3. The highest BCUT2D eigenvalue weighted by molar-refractivity contribution is 7.20. The van der Waals surface area contributed by atoms with Gasteiger partial charge in [0.25, 0.3) is 5.91 Å². The van der Waals surface area contributed by atoms with E-state index < -0.39 is 0 Å². The predicted molar refractivity (Wildman–Crippen MR) is 99.5 cm³/mol. The highest BCUT2D eigenvalue weighted by atomic mass is 32.1. The maximum atomic E-state index is 12.9. The highest BCUT2D eigenvalue weighted by Gasteiger charge is 2.26. The predicted octanol–water partition coefficient (Wildman–Crippen LogP) is 2.65. The van der Waals surface area contributed by atoms with E-state index in [4.69, 9.17) is 4.74 Å². The molecule has 8 nitrogen and oxygen atoms in total. The van der Waals surface area contributed by atoms with Crippen LogP contribution in [-0.4, -0.2) is 50.9 Å². The lowest BCUT2D eigenvalue weighted by Gasteiger charge is -2.26. The second-order valence-corrected chi connectivity index (χ2v) is 7.14. The van der Waals surface area contributed by atoms with Gasteiger partial charge in [-0.1, -0.05) is 0 Å². The maximum Gasteiger partial charge on any atom is 0.316 e. The molecule has 0 aromatic carbocycles. The van der Waals surface area contributed by atoms with Gasteiger partial charge in [-0.2, -0.15) is 5.26 Å². The third-order valence-electron chi connectivity index (χ3n) is 4.46. The molecular weight excluding hydrogens is 364 g/mol. The maximum absolute atomic E-state index is 12.9. The summed E-state index contributed by atoms with van der Waals surface area (Å²) in [6.45, 7) is 1.46. The number of thiophene rings is 1. The van der Waals surface area contributed by atoms with Crippen molar-refractivity contribution < 1.29 is 9.53 Å². The first-order valence-corrected chi connectivity index (χ1v) is 9.38. The summed E-state index contributed by atoms with van der Waals surface area (Å²) in [7, 11) is 1.50. The molecule has 0 N–H and O–H groups in total. The fraction of sp³-hybridized carbons (Fsp3) is 0.333. The summed E-state index contributed by atoms with van der Waals surface area (Å²) in [5.74, 6) is -0.106. The Bertz CT molecular complexity index is 1030. The van der Waals surface area contributed by atoms with Crippen molar-refractivity contribution in [3.63, 3.8) is 0 Å². The largest absolute Gasteiger partial charge is 0.467 e. The second kappa shape index (κ2) is 7.25. The standard InChI is InChI=1S/C18H16N6O2S/c1-26-18-21-8-11(9-22-18)13-10-20-14-12(7-19)15(27-16(14)23-13)17(25)24-5-3-2-4-6-24/h8-10H,2-6H2,1H3. The van der Waals surface area contributed by atoms with E-state index in [-0.39, 0.29) is 11.9 Å². The van der Waals surface area contributed by atoms with Crippen LogP contribution in [0.5, 0.6) is 6.01 Å². The third kappa shape index (κ3) is 3.19. The molecule has 1 fully saturated rings. The van der Waals surface area contributed by atoms with Gasteiger partial charge < -0.3 is 9.64 Å². The number of hydrogen-bond donors (Lipinski definition) is 0. The third-order valence-corrected chi connectivity index (χ3v) is 5.52. The molecular formula is C18H16N6O2S. The second-order valence-electron chi connectivity index (χ2n) is 6.14. The highest BCUT2D eigenvalue weighted by Crippen LogP contribution is 2.31. The quantitative estimate of drug-likeness (QED) is 0.688. The summed E-state index contributed by atoms with van der Waals surface area (Å²) in [6, 6.07) is 2.40. The molecule has 0 saturated carbocycles. The van der Waals surface area contributed by atoms with Crippen molar-refractivity contribution in [3.05, 3.63) is 29.0 Å². The fourth-order valence-corrected chi connectivity index (χ4v) is 4.11. The van der Waals surface area contributed by atoms with Gasteiger partial charge in [0.1, 0.15) is 26.9 Å². The molecule has 0 unspecified atom stereocenters. The van der Waals surface area contributed by atoms with E-state index in [0.29, 0.717) is 32.0 Å². The van der Waals surface area contributed by atoms with Crippen molar-refractivity contribution >= 4 is 27.6 Å². The van der Waals surface area contributed by atoms with Gasteiger partial charge in [-0.3, -0.25) is 4.79 Å². The number of piperidine rings is 1. The van der Waals surface area contributed by atoms with Crippen LogP contribution in [0.3, 0.4) is 0 Å².